The van der Waals surface area contributed by atoms with E-state index in [-0.39, 0.29) is 0 Å². The summed E-state index contributed by atoms with van der Waals surface area (Å²) in [5.41, 5.74) is 0.811. The van der Waals surface area contributed by atoms with E-state index in [1.807, 2.05) is 25.2 Å². The third kappa shape index (κ3) is 2.45. The molecule has 0 unspecified atom stereocenters. The van der Waals surface area contributed by atoms with Gasteiger partial charge in [0.25, 0.3) is 0 Å². The topological polar surface area (TPSA) is 40.5 Å². The monoisotopic (exact) mass is 267 g/mol. The number of aliphatic carboxylic acids is 1. The fourth-order valence-corrected chi connectivity index (χ4v) is 3.60. The molecule has 0 spiro atoms. The van der Waals surface area contributed by atoms with Gasteiger partial charge in [-0.25, -0.2) is 0 Å². The van der Waals surface area contributed by atoms with Gasteiger partial charge in [-0.2, -0.15) is 0 Å². The highest BCUT2D eigenvalue weighted by Gasteiger charge is 2.37. The first-order valence-electron chi connectivity index (χ1n) is 6.62. The van der Waals surface area contributed by atoms with Crippen LogP contribution in [0.15, 0.2) is 11.4 Å². The Hall–Kier alpha value is -0.870. The Morgan fingerprint density at radius 3 is 2.83 bits per heavy atom. The first-order valence-corrected chi connectivity index (χ1v) is 7.50. The maximum atomic E-state index is 11.5. The Labute approximate surface area is 112 Å². The van der Waals surface area contributed by atoms with Gasteiger partial charge in [0.15, 0.2) is 0 Å². The Morgan fingerprint density at radius 2 is 2.22 bits per heavy atom. The lowest BCUT2D eigenvalue weighted by Gasteiger charge is -2.35. The lowest BCUT2D eigenvalue weighted by Crippen LogP contribution is -2.44. The zero-order valence-corrected chi connectivity index (χ0v) is 11.9. The van der Waals surface area contributed by atoms with Crippen LogP contribution in [0.2, 0.25) is 0 Å². The number of hydrogen-bond donors (Lipinski definition) is 1. The van der Waals surface area contributed by atoms with Crippen molar-refractivity contribution < 1.29 is 9.90 Å². The number of nitrogens with zero attached hydrogens (tertiary/aromatic N) is 1. The van der Waals surface area contributed by atoms with Gasteiger partial charge in [-0.1, -0.05) is 13.8 Å². The number of carboxylic acid groups (broad SMARTS) is 1. The minimum absolute atomic E-state index is 0.576. The summed E-state index contributed by atoms with van der Waals surface area (Å²) in [4.78, 5) is 15.3. The molecule has 1 aromatic heterocycles. The fourth-order valence-electron chi connectivity index (χ4n) is 2.71. The van der Waals surface area contributed by atoms with Crippen LogP contribution < -0.4 is 0 Å². The Bertz CT molecular complexity index is 423. The van der Waals surface area contributed by atoms with E-state index in [2.05, 4.69) is 16.3 Å². The minimum Gasteiger partial charge on any atom is -0.481 e. The highest BCUT2D eigenvalue weighted by Crippen LogP contribution is 2.31. The van der Waals surface area contributed by atoms with E-state index in [4.69, 9.17) is 0 Å². The molecule has 4 heteroatoms. The second kappa shape index (κ2) is 5.41. The molecular formula is C14H21NO2S. The molecule has 18 heavy (non-hydrogen) atoms. The summed E-state index contributed by atoms with van der Waals surface area (Å²) in [5.74, 6) is -0.649. The van der Waals surface area contributed by atoms with Gasteiger partial charge in [-0.05, 0) is 36.3 Å². The first-order chi connectivity index (χ1) is 8.61. The van der Waals surface area contributed by atoms with Gasteiger partial charge in [-0.15, -0.1) is 11.3 Å². The van der Waals surface area contributed by atoms with Crippen LogP contribution in [0.3, 0.4) is 0 Å². The van der Waals surface area contributed by atoms with Crippen LogP contribution in [0.4, 0.5) is 0 Å². The molecule has 2 heterocycles. The molecule has 1 aliphatic heterocycles. The maximum absolute atomic E-state index is 11.5. The minimum atomic E-state index is -0.649. The third-order valence-corrected chi connectivity index (χ3v) is 5.24. The van der Waals surface area contributed by atoms with E-state index in [1.54, 1.807) is 0 Å². The van der Waals surface area contributed by atoms with Crippen molar-refractivity contribution in [1.82, 2.24) is 4.90 Å². The molecule has 1 aliphatic rings. The maximum Gasteiger partial charge on any atom is 0.310 e. The molecule has 3 nitrogen and oxygen atoms in total. The number of hydrogen-bond acceptors (Lipinski definition) is 3. The molecule has 1 N–H and O–H groups in total. The molecule has 0 saturated heterocycles. The Morgan fingerprint density at radius 1 is 1.50 bits per heavy atom. The SMILES string of the molecule is CCC(CC)(CN1CCc2sccc2C1)C(=O)O. The van der Waals surface area contributed by atoms with Gasteiger partial charge in [0, 0.05) is 24.5 Å². The number of fused-ring (bicyclic) bond motifs is 1. The van der Waals surface area contributed by atoms with Crippen LogP contribution >= 0.6 is 11.3 Å². The largest absolute Gasteiger partial charge is 0.481 e. The zero-order valence-electron chi connectivity index (χ0n) is 11.1. The van der Waals surface area contributed by atoms with Crippen molar-refractivity contribution in [3.63, 3.8) is 0 Å². The lowest BCUT2D eigenvalue weighted by atomic mass is 9.81. The number of rotatable bonds is 5. The van der Waals surface area contributed by atoms with E-state index in [0.29, 0.717) is 19.4 Å². The van der Waals surface area contributed by atoms with Crippen molar-refractivity contribution >= 4 is 17.3 Å². The van der Waals surface area contributed by atoms with Gasteiger partial charge in [0.2, 0.25) is 0 Å². The predicted molar refractivity (Wildman–Crippen MR) is 74.0 cm³/mol. The van der Waals surface area contributed by atoms with Crippen LogP contribution in [-0.4, -0.2) is 29.1 Å². The van der Waals surface area contributed by atoms with Crippen LogP contribution in [0.25, 0.3) is 0 Å². The number of thiophene rings is 1. The average Bonchev–Trinajstić information content (AvgIpc) is 2.83. The molecule has 0 saturated carbocycles. The second-order valence-corrected chi connectivity index (χ2v) is 6.12. The van der Waals surface area contributed by atoms with Crippen molar-refractivity contribution in [3.05, 3.63) is 21.9 Å². The Kier molecular flexibility index (Phi) is 4.07. The molecule has 1 aromatic rings. The fraction of sp³-hybridized carbons (Fsp3) is 0.643. The van der Waals surface area contributed by atoms with Crippen LogP contribution in [-0.2, 0) is 17.8 Å². The van der Waals surface area contributed by atoms with Crippen LogP contribution in [0, 0.1) is 5.41 Å². The lowest BCUT2D eigenvalue weighted by molar-refractivity contribution is -0.151. The number of carbonyl (C=O) groups is 1. The normalized spacial score (nSPS) is 16.6. The van der Waals surface area contributed by atoms with Crippen LogP contribution in [0.5, 0.6) is 0 Å². The quantitative estimate of drug-likeness (QED) is 0.891. The summed E-state index contributed by atoms with van der Waals surface area (Å²) in [7, 11) is 0. The molecule has 0 aliphatic carbocycles. The molecule has 100 valence electrons. The molecule has 0 amide bonds. The highest BCUT2D eigenvalue weighted by atomic mass is 32.1. The van der Waals surface area contributed by atoms with Crippen molar-refractivity contribution in [2.75, 3.05) is 13.1 Å². The van der Waals surface area contributed by atoms with E-state index < -0.39 is 11.4 Å². The van der Waals surface area contributed by atoms with E-state index in [9.17, 15) is 9.90 Å². The van der Waals surface area contributed by atoms with E-state index in [0.717, 1.165) is 19.5 Å². The second-order valence-electron chi connectivity index (χ2n) is 5.12. The molecular weight excluding hydrogens is 246 g/mol. The van der Waals surface area contributed by atoms with Crippen molar-refractivity contribution in [2.24, 2.45) is 5.41 Å². The van der Waals surface area contributed by atoms with E-state index >= 15 is 0 Å². The molecule has 0 fully saturated rings. The van der Waals surface area contributed by atoms with Gasteiger partial charge < -0.3 is 5.11 Å². The molecule has 0 bridgehead atoms. The van der Waals surface area contributed by atoms with Crippen molar-refractivity contribution in [2.45, 2.75) is 39.7 Å². The summed E-state index contributed by atoms with van der Waals surface area (Å²) < 4.78 is 0. The van der Waals surface area contributed by atoms with E-state index in [1.165, 1.54) is 10.4 Å². The summed E-state index contributed by atoms with van der Waals surface area (Å²) in [5, 5.41) is 11.6. The van der Waals surface area contributed by atoms with Gasteiger partial charge in [0.05, 0.1) is 5.41 Å². The Balaban J connectivity index is 2.08. The molecule has 2 rings (SSSR count). The smallest absolute Gasteiger partial charge is 0.310 e. The number of carboxylic acids is 1. The zero-order chi connectivity index (χ0) is 13.2. The van der Waals surface area contributed by atoms with Crippen molar-refractivity contribution in [3.8, 4) is 0 Å². The van der Waals surface area contributed by atoms with Gasteiger partial charge in [-0.3, -0.25) is 9.69 Å². The summed E-state index contributed by atoms with van der Waals surface area (Å²) in [6.45, 7) is 6.54. The standard InChI is InChI=1S/C14H21NO2S/c1-3-14(4-2,13(16)17)10-15-7-5-12-11(9-15)6-8-18-12/h6,8H,3-5,7,9-10H2,1-2H3,(H,16,17). The molecule has 0 aromatic carbocycles. The molecule has 0 radical (unpaired) electrons. The summed E-state index contributed by atoms with van der Waals surface area (Å²) >= 11 is 1.82. The average molecular weight is 267 g/mol. The molecule has 0 atom stereocenters. The first kappa shape index (κ1) is 13.6. The predicted octanol–water partition coefficient (Wildman–Crippen LogP) is 3.00. The summed E-state index contributed by atoms with van der Waals surface area (Å²) in [6, 6.07) is 2.17. The summed E-state index contributed by atoms with van der Waals surface area (Å²) in [6.07, 6.45) is 2.47. The van der Waals surface area contributed by atoms with Gasteiger partial charge >= 0.3 is 5.97 Å². The van der Waals surface area contributed by atoms with Crippen LogP contribution in [0.1, 0.15) is 37.1 Å². The van der Waals surface area contributed by atoms with Gasteiger partial charge in [0.1, 0.15) is 0 Å². The highest BCUT2D eigenvalue weighted by molar-refractivity contribution is 7.10. The third-order valence-electron chi connectivity index (χ3n) is 4.22. The van der Waals surface area contributed by atoms with Crippen molar-refractivity contribution in [1.29, 1.82) is 0 Å².